The van der Waals surface area contributed by atoms with Crippen molar-refractivity contribution < 1.29 is 9.47 Å². The summed E-state index contributed by atoms with van der Waals surface area (Å²) >= 11 is 0. The molecular weight excluding hydrogens is 314 g/mol. The number of ether oxygens (including phenoxy) is 2. The van der Waals surface area contributed by atoms with Crippen LogP contribution in [-0.2, 0) is 11.2 Å². The number of hydrogen-bond acceptors (Lipinski definition) is 3. The normalized spacial score (nSPS) is 14.8. The quantitative estimate of drug-likeness (QED) is 0.432. The van der Waals surface area contributed by atoms with Gasteiger partial charge in [0.25, 0.3) is 0 Å². The lowest BCUT2D eigenvalue weighted by molar-refractivity contribution is 0.153. The molecule has 0 unspecified atom stereocenters. The summed E-state index contributed by atoms with van der Waals surface area (Å²) in [7, 11) is 1.72. The second-order valence-corrected chi connectivity index (χ2v) is 6.18. The summed E-state index contributed by atoms with van der Waals surface area (Å²) in [6, 6.07) is 6.37. The van der Waals surface area contributed by atoms with Crippen LogP contribution in [0.2, 0.25) is 0 Å². The van der Waals surface area contributed by atoms with Crippen molar-refractivity contribution in [3.05, 3.63) is 41.0 Å². The highest BCUT2D eigenvalue weighted by Gasteiger charge is 2.04. The Bertz CT molecular complexity index is 597. The van der Waals surface area contributed by atoms with Crippen molar-refractivity contribution in [2.75, 3.05) is 40.0 Å². The van der Waals surface area contributed by atoms with Crippen molar-refractivity contribution >= 4 is 5.96 Å². The maximum Gasteiger partial charge on any atom is 0.191 e. The number of rotatable bonds is 8. The van der Waals surface area contributed by atoms with Gasteiger partial charge >= 0.3 is 0 Å². The molecule has 1 heterocycles. The van der Waals surface area contributed by atoms with Crippen molar-refractivity contribution in [3.63, 3.8) is 0 Å². The number of guanidine groups is 1. The summed E-state index contributed by atoms with van der Waals surface area (Å²) < 4.78 is 10.7. The summed E-state index contributed by atoms with van der Waals surface area (Å²) in [5.41, 5.74) is 3.88. The van der Waals surface area contributed by atoms with Crippen molar-refractivity contribution in [2.45, 2.75) is 33.1 Å². The van der Waals surface area contributed by atoms with Crippen LogP contribution in [-0.4, -0.2) is 45.9 Å². The zero-order valence-electron chi connectivity index (χ0n) is 15.7. The van der Waals surface area contributed by atoms with Gasteiger partial charge in [0.2, 0.25) is 0 Å². The van der Waals surface area contributed by atoms with Gasteiger partial charge in [-0.3, -0.25) is 4.99 Å². The van der Waals surface area contributed by atoms with Crippen LogP contribution in [0.4, 0.5) is 0 Å². The highest BCUT2D eigenvalue weighted by Crippen LogP contribution is 2.19. The van der Waals surface area contributed by atoms with Crippen molar-refractivity contribution in [3.8, 4) is 5.75 Å². The zero-order chi connectivity index (χ0) is 17.9. The van der Waals surface area contributed by atoms with E-state index in [2.05, 4.69) is 53.7 Å². The zero-order valence-corrected chi connectivity index (χ0v) is 15.7. The van der Waals surface area contributed by atoms with Gasteiger partial charge < -0.3 is 20.1 Å². The Morgan fingerprint density at radius 3 is 2.88 bits per heavy atom. The van der Waals surface area contributed by atoms with E-state index >= 15 is 0 Å². The number of benzene rings is 1. The molecule has 0 atom stereocenters. The van der Waals surface area contributed by atoms with E-state index in [4.69, 9.17) is 9.47 Å². The Labute approximate surface area is 151 Å². The number of aryl methyl sites for hydroxylation is 1. The minimum absolute atomic E-state index is 0.747. The molecule has 138 valence electrons. The second-order valence-electron chi connectivity index (χ2n) is 6.18. The molecule has 0 amide bonds. The van der Waals surface area contributed by atoms with E-state index in [9.17, 15) is 0 Å². The largest absolute Gasteiger partial charge is 0.496 e. The van der Waals surface area contributed by atoms with E-state index in [1.807, 2.05) is 0 Å². The lowest BCUT2D eigenvalue weighted by atomic mass is 10.1. The Morgan fingerprint density at radius 1 is 1.28 bits per heavy atom. The van der Waals surface area contributed by atoms with E-state index in [0.29, 0.717) is 0 Å². The maximum atomic E-state index is 5.39. The van der Waals surface area contributed by atoms with Gasteiger partial charge in [0.1, 0.15) is 5.75 Å². The summed E-state index contributed by atoms with van der Waals surface area (Å²) in [4.78, 5) is 4.67. The number of hydrogen-bond donors (Lipinski definition) is 2. The fourth-order valence-corrected chi connectivity index (χ4v) is 2.79. The third-order valence-corrected chi connectivity index (χ3v) is 4.28. The monoisotopic (exact) mass is 345 g/mol. The number of methoxy groups -OCH3 is 1. The molecule has 5 heteroatoms. The van der Waals surface area contributed by atoms with E-state index in [1.54, 1.807) is 7.11 Å². The minimum atomic E-state index is 0.747. The van der Waals surface area contributed by atoms with Crippen LogP contribution in [0.25, 0.3) is 0 Å². The van der Waals surface area contributed by atoms with Crippen molar-refractivity contribution in [2.24, 2.45) is 4.99 Å². The molecule has 1 aliphatic heterocycles. The molecule has 1 aliphatic rings. The highest BCUT2D eigenvalue weighted by molar-refractivity contribution is 5.79. The average Bonchev–Trinajstić information content (AvgIpc) is 2.64. The average molecular weight is 345 g/mol. The molecule has 1 aromatic rings. The van der Waals surface area contributed by atoms with Gasteiger partial charge in [0.05, 0.1) is 20.3 Å². The molecule has 25 heavy (non-hydrogen) atoms. The molecule has 1 aromatic carbocycles. The number of aliphatic imine (C=N–C) groups is 1. The van der Waals surface area contributed by atoms with Crippen LogP contribution in [0.3, 0.4) is 0 Å². The molecule has 0 radical (unpaired) electrons. The van der Waals surface area contributed by atoms with Crippen LogP contribution in [0.1, 0.15) is 30.9 Å². The van der Waals surface area contributed by atoms with Gasteiger partial charge in [-0.25, -0.2) is 0 Å². The summed E-state index contributed by atoms with van der Waals surface area (Å²) in [6.07, 6.45) is 5.16. The summed E-state index contributed by atoms with van der Waals surface area (Å²) in [6.45, 7) is 8.24. The Hall–Kier alpha value is -2.01. The summed E-state index contributed by atoms with van der Waals surface area (Å²) in [5, 5.41) is 6.72. The molecule has 0 saturated carbocycles. The first-order chi connectivity index (χ1) is 12.2. The van der Waals surface area contributed by atoms with Crippen LogP contribution in [0, 0.1) is 6.92 Å². The molecule has 0 aromatic heterocycles. The fraction of sp³-hybridized carbons (Fsp3) is 0.550. The molecule has 5 nitrogen and oxygen atoms in total. The van der Waals surface area contributed by atoms with Crippen LogP contribution in [0.15, 0.2) is 34.8 Å². The fourth-order valence-electron chi connectivity index (χ4n) is 2.79. The number of nitrogens with zero attached hydrogens (tertiary/aromatic N) is 1. The van der Waals surface area contributed by atoms with E-state index in [0.717, 1.165) is 69.4 Å². The van der Waals surface area contributed by atoms with Gasteiger partial charge in [-0.1, -0.05) is 23.8 Å². The Morgan fingerprint density at radius 2 is 2.16 bits per heavy atom. The van der Waals surface area contributed by atoms with Crippen molar-refractivity contribution in [1.29, 1.82) is 0 Å². The highest BCUT2D eigenvalue weighted by atomic mass is 16.5. The molecule has 2 N–H and O–H groups in total. The predicted molar refractivity (Wildman–Crippen MR) is 104 cm³/mol. The molecule has 0 bridgehead atoms. The SMILES string of the molecule is CCNC(=NCCC1=CCOCC1)NCCc1ccc(C)c(OC)c1. The van der Waals surface area contributed by atoms with E-state index in [-0.39, 0.29) is 0 Å². The molecule has 2 rings (SSSR count). The molecular formula is C20H31N3O2. The first-order valence-electron chi connectivity index (χ1n) is 9.14. The van der Waals surface area contributed by atoms with Gasteiger partial charge in [-0.05, 0) is 50.3 Å². The second kappa shape index (κ2) is 10.8. The van der Waals surface area contributed by atoms with Gasteiger partial charge in [-0.2, -0.15) is 0 Å². The first-order valence-corrected chi connectivity index (χ1v) is 9.14. The van der Waals surface area contributed by atoms with Gasteiger partial charge in [-0.15, -0.1) is 0 Å². The smallest absolute Gasteiger partial charge is 0.191 e. The first kappa shape index (κ1) is 19.3. The molecule has 0 aliphatic carbocycles. The van der Waals surface area contributed by atoms with E-state index in [1.165, 1.54) is 11.1 Å². The lowest BCUT2D eigenvalue weighted by Gasteiger charge is -2.14. The topological polar surface area (TPSA) is 54.9 Å². The van der Waals surface area contributed by atoms with Crippen molar-refractivity contribution in [1.82, 2.24) is 10.6 Å². The van der Waals surface area contributed by atoms with Gasteiger partial charge in [0.15, 0.2) is 5.96 Å². The van der Waals surface area contributed by atoms with Crippen LogP contribution >= 0.6 is 0 Å². The third-order valence-electron chi connectivity index (χ3n) is 4.28. The summed E-state index contributed by atoms with van der Waals surface area (Å²) in [5.74, 6) is 1.83. The number of nitrogens with one attached hydrogen (secondary N) is 2. The Kier molecular flexibility index (Phi) is 8.32. The maximum absolute atomic E-state index is 5.39. The molecule has 0 saturated heterocycles. The van der Waals surface area contributed by atoms with E-state index < -0.39 is 0 Å². The lowest BCUT2D eigenvalue weighted by Crippen LogP contribution is -2.38. The standard InChI is InChI=1S/C20H31N3O2/c1-4-21-20(22-11-7-17-9-13-25-14-10-17)23-12-8-18-6-5-16(2)19(15-18)24-3/h5-6,9,15H,4,7-8,10-14H2,1-3H3,(H2,21,22,23). The third kappa shape index (κ3) is 6.78. The molecule has 0 spiro atoms. The molecule has 0 fully saturated rings. The minimum Gasteiger partial charge on any atom is -0.496 e. The van der Waals surface area contributed by atoms with Crippen LogP contribution < -0.4 is 15.4 Å². The van der Waals surface area contributed by atoms with Gasteiger partial charge in [0, 0.05) is 19.6 Å². The predicted octanol–water partition coefficient (Wildman–Crippen LogP) is 2.84. The van der Waals surface area contributed by atoms with Crippen LogP contribution in [0.5, 0.6) is 5.75 Å². The Balaban J connectivity index is 1.80.